The van der Waals surface area contributed by atoms with Gasteiger partial charge in [0.05, 0.1) is 0 Å². The highest BCUT2D eigenvalue weighted by atomic mass is 16.4. The average Bonchev–Trinajstić information content (AvgIpc) is 2.47. The quantitative estimate of drug-likeness (QED) is 0.288. The minimum atomic E-state index is -0.893. The summed E-state index contributed by atoms with van der Waals surface area (Å²) in [7, 11) is 0. The Labute approximate surface area is 121 Å². The van der Waals surface area contributed by atoms with E-state index in [0.29, 0.717) is 12.8 Å². The number of nitrogens with one attached hydrogen (secondary N) is 1. The van der Waals surface area contributed by atoms with Crippen LogP contribution in [-0.4, -0.2) is 35.0 Å². The van der Waals surface area contributed by atoms with Crippen LogP contribution in [0.25, 0.3) is 0 Å². The minimum Gasteiger partial charge on any atom is -0.409 e. The summed E-state index contributed by atoms with van der Waals surface area (Å²) in [5, 5.41) is 14.1. The number of nitrogens with zero attached hydrogens (tertiary/aromatic N) is 2. The number of hydrazine groups is 1. The largest absolute Gasteiger partial charge is 0.409 e. The first-order chi connectivity index (χ1) is 9.60. The maximum Gasteiger partial charge on any atom is 0.248 e. The first-order valence-electron chi connectivity index (χ1n) is 7.64. The second-order valence-electron chi connectivity index (χ2n) is 5.56. The molecule has 1 aliphatic rings. The maximum atomic E-state index is 12.7. The van der Waals surface area contributed by atoms with Gasteiger partial charge in [-0.3, -0.25) is 10.2 Å². The van der Waals surface area contributed by atoms with Crippen LogP contribution in [0.4, 0.5) is 0 Å². The number of oxime groups is 1. The third-order valence-corrected chi connectivity index (χ3v) is 4.00. The van der Waals surface area contributed by atoms with Crippen LogP contribution >= 0.6 is 0 Å². The maximum absolute atomic E-state index is 12.7. The van der Waals surface area contributed by atoms with Crippen LogP contribution in [0.15, 0.2) is 5.16 Å². The van der Waals surface area contributed by atoms with Gasteiger partial charge in [-0.2, -0.15) is 0 Å². The number of amidine groups is 1. The van der Waals surface area contributed by atoms with E-state index in [2.05, 4.69) is 10.6 Å². The fraction of sp³-hybridized carbons (Fsp3) is 0.857. The van der Waals surface area contributed by atoms with Gasteiger partial charge < -0.3 is 10.9 Å². The zero-order valence-electron chi connectivity index (χ0n) is 12.7. The van der Waals surface area contributed by atoms with Crippen LogP contribution in [0.1, 0.15) is 58.8 Å². The summed E-state index contributed by atoms with van der Waals surface area (Å²) >= 11 is 0. The van der Waals surface area contributed by atoms with E-state index in [1.54, 1.807) is 0 Å². The van der Waals surface area contributed by atoms with Crippen LogP contribution in [0.2, 0.25) is 0 Å². The van der Waals surface area contributed by atoms with Crippen LogP contribution in [-0.2, 0) is 4.79 Å². The molecule has 0 saturated carbocycles. The number of carbonyl (C=O) groups is 1. The zero-order chi connectivity index (χ0) is 15.0. The van der Waals surface area contributed by atoms with Gasteiger partial charge in [-0.25, -0.2) is 5.01 Å². The molecule has 0 atom stereocenters. The Balaban J connectivity index is 2.86. The van der Waals surface area contributed by atoms with E-state index >= 15 is 0 Å². The summed E-state index contributed by atoms with van der Waals surface area (Å²) < 4.78 is 0. The van der Waals surface area contributed by atoms with Crippen LogP contribution in [0, 0.1) is 5.41 Å². The molecule has 0 aromatic rings. The first-order valence-corrected chi connectivity index (χ1v) is 7.64. The van der Waals surface area contributed by atoms with Gasteiger partial charge in [-0.15, -0.1) is 0 Å². The summed E-state index contributed by atoms with van der Waals surface area (Å²) in [6.45, 7) is 5.75. The van der Waals surface area contributed by atoms with Crippen molar-refractivity contribution < 1.29 is 10.0 Å². The standard InChI is InChI=1S/C14H28N4O2/c1-3-8-14(9-4-2,12(15)17-20)13(19)16-18-10-6-5-7-11-18/h20H,3-11H2,1-2H3,(H2,15,17)(H,16,19). The van der Waals surface area contributed by atoms with E-state index in [9.17, 15) is 4.79 Å². The van der Waals surface area contributed by atoms with Crippen molar-refractivity contribution >= 4 is 11.7 Å². The van der Waals surface area contributed by atoms with Gasteiger partial charge >= 0.3 is 0 Å². The molecule has 0 aromatic carbocycles. The van der Waals surface area contributed by atoms with Gasteiger partial charge in [0, 0.05) is 13.1 Å². The number of nitrogens with two attached hydrogens (primary N) is 1. The predicted molar refractivity (Wildman–Crippen MR) is 79.2 cm³/mol. The molecule has 0 spiro atoms. The molecule has 0 radical (unpaired) electrons. The number of rotatable bonds is 7. The molecular weight excluding hydrogens is 256 g/mol. The molecule has 0 aliphatic carbocycles. The van der Waals surface area contributed by atoms with Crippen molar-refractivity contribution in [2.24, 2.45) is 16.3 Å². The van der Waals surface area contributed by atoms with Gasteiger partial charge in [0.25, 0.3) is 0 Å². The predicted octanol–water partition coefficient (Wildman–Crippen LogP) is 1.84. The van der Waals surface area contributed by atoms with Crippen molar-refractivity contribution in [1.29, 1.82) is 0 Å². The Morgan fingerprint density at radius 1 is 1.25 bits per heavy atom. The smallest absolute Gasteiger partial charge is 0.248 e. The van der Waals surface area contributed by atoms with E-state index in [1.807, 2.05) is 18.9 Å². The number of amides is 1. The van der Waals surface area contributed by atoms with E-state index in [-0.39, 0.29) is 11.7 Å². The molecule has 6 heteroatoms. The topological polar surface area (TPSA) is 91.0 Å². The molecule has 1 saturated heterocycles. The lowest BCUT2D eigenvalue weighted by molar-refractivity contribution is -0.134. The molecule has 4 N–H and O–H groups in total. The van der Waals surface area contributed by atoms with Crippen molar-refractivity contribution in [3.63, 3.8) is 0 Å². The Bertz CT molecular complexity index is 332. The third kappa shape index (κ3) is 3.85. The van der Waals surface area contributed by atoms with E-state index in [4.69, 9.17) is 10.9 Å². The highest BCUT2D eigenvalue weighted by Gasteiger charge is 2.42. The van der Waals surface area contributed by atoms with Gasteiger partial charge in [0.1, 0.15) is 5.41 Å². The highest BCUT2D eigenvalue weighted by Crippen LogP contribution is 2.31. The van der Waals surface area contributed by atoms with Crippen molar-refractivity contribution in [3.8, 4) is 0 Å². The van der Waals surface area contributed by atoms with Crippen molar-refractivity contribution in [2.45, 2.75) is 58.8 Å². The second-order valence-corrected chi connectivity index (χ2v) is 5.56. The lowest BCUT2D eigenvalue weighted by Gasteiger charge is -2.35. The molecule has 6 nitrogen and oxygen atoms in total. The molecule has 1 fully saturated rings. The normalized spacial score (nSPS) is 18.0. The van der Waals surface area contributed by atoms with Crippen molar-refractivity contribution in [1.82, 2.24) is 10.4 Å². The number of hydrogen-bond donors (Lipinski definition) is 3. The van der Waals surface area contributed by atoms with Gasteiger partial charge in [0.15, 0.2) is 5.84 Å². The SMILES string of the molecule is CCCC(CCC)(C(=O)NN1CCCCC1)C(N)=NO. The Morgan fingerprint density at radius 3 is 2.25 bits per heavy atom. The zero-order valence-corrected chi connectivity index (χ0v) is 12.7. The van der Waals surface area contributed by atoms with Gasteiger partial charge in [-0.05, 0) is 25.7 Å². The monoisotopic (exact) mass is 284 g/mol. The fourth-order valence-electron chi connectivity index (χ4n) is 2.93. The highest BCUT2D eigenvalue weighted by molar-refractivity contribution is 6.06. The summed E-state index contributed by atoms with van der Waals surface area (Å²) in [4.78, 5) is 12.7. The lowest BCUT2D eigenvalue weighted by Crippen LogP contribution is -2.55. The molecule has 1 amide bonds. The molecule has 116 valence electrons. The number of piperidine rings is 1. The summed E-state index contributed by atoms with van der Waals surface area (Å²) in [5.41, 5.74) is 7.92. The lowest BCUT2D eigenvalue weighted by atomic mass is 9.77. The summed E-state index contributed by atoms with van der Waals surface area (Å²) in [6, 6.07) is 0. The molecule has 1 heterocycles. The van der Waals surface area contributed by atoms with E-state index in [0.717, 1.165) is 38.8 Å². The van der Waals surface area contributed by atoms with E-state index < -0.39 is 5.41 Å². The Hall–Kier alpha value is -1.30. The molecule has 0 bridgehead atoms. The minimum absolute atomic E-state index is 0.0238. The Kier molecular flexibility index (Phi) is 6.78. The Morgan fingerprint density at radius 2 is 1.80 bits per heavy atom. The van der Waals surface area contributed by atoms with E-state index in [1.165, 1.54) is 6.42 Å². The molecule has 1 aliphatic heterocycles. The summed E-state index contributed by atoms with van der Waals surface area (Å²) in [6.07, 6.45) is 6.21. The number of hydrogen-bond acceptors (Lipinski definition) is 4. The van der Waals surface area contributed by atoms with Crippen molar-refractivity contribution in [3.05, 3.63) is 0 Å². The van der Waals surface area contributed by atoms with Crippen LogP contribution in [0.5, 0.6) is 0 Å². The van der Waals surface area contributed by atoms with Gasteiger partial charge in [-0.1, -0.05) is 38.3 Å². The second kappa shape index (κ2) is 8.09. The van der Waals surface area contributed by atoms with Crippen LogP contribution in [0.3, 0.4) is 0 Å². The molecular formula is C14H28N4O2. The molecule has 0 unspecified atom stereocenters. The third-order valence-electron chi connectivity index (χ3n) is 4.00. The summed E-state index contributed by atoms with van der Waals surface area (Å²) in [5.74, 6) is -0.117. The average molecular weight is 284 g/mol. The molecule has 20 heavy (non-hydrogen) atoms. The fourth-order valence-corrected chi connectivity index (χ4v) is 2.93. The number of carbonyl (C=O) groups excluding carboxylic acids is 1. The van der Waals surface area contributed by atoms with Crippen molar-refractivity contribution in [2.75, 3.05) is 13.1 Å². The molecule has 0 aromatic heterocycles. The molecule has 1 rings (SSSR count). The van der Waals surface area contributed by atoms with Crippen LogP contribution < -0.4 is 11.2 Å². The van der Waals surface area contributed by atoms with Gasteiger partial charge in [0.2, 0.25) is 5.91 Å². The first kappa shape index (κ1) is 16.8.